The van der Waals surface area contributed by atoms with Gasteiger partial charge in [-0.05, 0) is 25.1 Å². The lowest BCUT2D eigenvalue weighted by Crippen LogP contribution is -2.03. The van der Waals surface area contributed by atoms with Crippen LogP contribution in [0.5, 0.6) is 0 Å². The fourth-order valence-electron chi connectivity index (χ4n) is 1.53. The molecule has 0 aliphatic rings. The molecule has 0 aliphatic heterocycles. The van der Waals surface area contributed by atoms with Crippen LogP contribution < -0.4 is 5.32 Å². The summed E-state index contributed by atoms with van der Waals surface area (Å²) in [5, 5.41) is 4.28. The van der Waals surface area contributed by atoms with Gasteiger partial charge in [0.1, 0.15) is 16.8 Å². The van der Waals surface area contributed by atoms with Crippen molar-refractivity contribution in [3.63, 3.8) is 0 Å². The van der Waals surface area contributed by atoms with E-state index in [0.717, 1.165) is 22.1 Å². The number of hydrogen-bond donors (Lipinski definition) is 1. The zero-order valence-corrected chi connectivity index (χ0v) is 13.6. The summed E-state index contributed by atoms with van der Waals surface area (Å²) in [5.74, 6) is 1.38. The molecule has 2 rings (SSSR count). The molecule has 0 saturated heterocycles. The van der Waals surface area contributed by atoms with Gasteiger partial charge < -0.3 is 5.32 Å². The van der Waals surface area contributed by atoms with Crippen LogP contribution in [0.3, 0.4) is 0 Å². The van der Waals surface area contributed by atoms with Crippen LogP contribution in [0.25, 0.3) is 0 Å². The Labute approximate surface area is 130 Å². The molecule has 0 radical (unpaired) electrons. The molecule has 0 atom stereocenters. The van der Waals surface area contributed by atoms with Crippen molar-refractivity contribution in [1.82, 2.24) is 9.97 Å². The number of nitrogens with one attached hydrogen (secondary N) is 1. The number of benzene rings is 1. The number of hydrogen-bond acceptors (Lipinski definition) is 3. The van der Waals surface area contributed by atoms with Crippen molar-refractivity contribution in [1.29, 1.82) is 0 Å². The van der Waals surface area contributed by atoms with E-state index in [-0.39, 0.29) is 0 Å². The van der Waals surface area contributed by atoms with Crippen LogP contribution in [0.2, 0.25) is 10.2 Å². The number of anilines is 2. The first-order valence-corrected chi connectivity index (χ1v) is 7.31. The van der Waals surface area contributed by atoms with Crippen LogP contribution in [0.1, 0.15) is 18.3 Å². The standard InChI is InChI=1S/C13H12BrCl2N3/c1-3-11-18-12(16)7(2)13(19-11)17-10-6-8(14)4-5-9(10)15/h4-6H,3H2,1-2H3,(H,17,18,19). The lowest BCUT2D eigenvalue weighted by Gasteiger charge is -2.12. The van der Waals surface area contributed by atoms with Gasteiger partial charge in [0.05, 0.1) is 10.7 Å². The van der Waals surface area contributed by atoms with Gasteiger partial charge in [-0.2, -0.15) is 0 Å². The molecule has 0 fully saturated rings. The molecule has 19 heavy (non-hydrogen) atoms. The van der Waals surface area contributed by atoms with Crippen molar-refractivity contribution >= 4 is 50.6 Å². The van der Waals surface area contributed by atoms with Crippen LogP contribution in [0.4, 0.5) is 11.5 Å². The van der Waals surface area contributed by atoms with Gasteiger partial charge in [-0.1, -0.05) is 46.1 Å². The summed E-state index contributed by atoms with van der Waals surface area (Å²) in [6, 6.07) is 5.58. The summed E-state index contributed by atoms with van der Waals surface area (Å²) in [4.78, 5) is 8.64. The Morgan fingerprint density at radius 1 is 1.26 bits per heavy atom. The predicted octanol–water partition coefficient (Wildman–Crippen LogP) is 5.16. The minimum atomic E-state index is 0.459. The third kappa shape index (κ3) is 3.38. The number of nitrogens with zero attached hydrogens (tertiary/aromatic N) is 2. The first-order valence-electron chi connectivity index (χ1n) is 5.76. The summed E-state index contributed by atoms with van der Waals surface area (Å²) in [7, 11) is 0. The fourth-order valence-corrected chi connectivity index (χ4v) is 2.25. The summed E-state index contributed by atoms with van der Waals surface area (Å²) in [6.07, 6.45) is 0.723. The molecule has 0 spiro atoms. The molecular formula is C13H12BrCl2N3. The average Bonchev–Trinajstić information content (AvgIpc) is 2.38. The lowest BCUT2D eigenvalue weighted by molar-refractivity contribution is 0.934. The Hall–Kier alpha value is -0.840. The molecule has 3 nitrogen and oxygen atoms in total. The molecule has 1 aromatic heterocycles. The molecule has 0 aliphatic carbocycles. The van der Waals surface area contributed by atoms with Crippen molar-refractivity contribution in [2.45, 2.75) is 20.3 Å². The average molecular weight is 361 g/mol. The smallest absolute Gasteiger partial charge is 0.138 e. The molecule has 100 valence electrons. The van der Waals surface area contributed by atoms with E-state index in [1.807, 2.05) is 32.0 Å². The zero-order chi connectivity index (χ0) is 14.0. The van der Waals surface area contributed by atoms with E-state index in [9.17, 15) is 0 Å². The molecule has 0 unspecified atom stereocenters. The fraction of sp³-hybridized carbons (Fsp3) is 0.231. The third-order valence-corrected chi connectivity index (χ3v) is 3.82. The maximum absolute atomic E-state index is 6.15. The zero-order valence-electron chi connectivity index (χ0n) is 10.5. The molecule has 1 N–H and O–H groups in total. The van der Waals surface area contributed by atoms with E-state index < -0.39 is 0 Å². The monoisotopic (exact) mass is 359 g/mol. The number of aromatic nitrogens is 2. The number of halogens is 3. The Kier molecular flexibility index (Phi) is 4.66. The Balaban J connectivity index is 2.42. The van der Waals surface area contributed by atoms with Crippen LogP contribution in [-0.2, 0) is 6.42 Å². The summed E-state index contributed by atoms with van der Waals surface area (Å²) in [6.45, 7) is 3.85. The van der Waals surface area contributed by atoms with Crippen molar-refractivity contribution in [3.05, 3.63) is 44.2 Å². The minimum absolute atomic E-state index is 0.459. The topological polar surface area (TPSA) is 37.8 Å². The Morgan fingerprint density at radius 2 is 2.00 bits per heavy atom. The van der Waals surface area contributed by atoms with Crippen molar-refractivity contribution in [2.75, 3.05) is 5.32 Å². The highest BCUT2D eigenvalue weighted by Gasteiger charge is 2.10. The van der Waals surface area contributed by atoms with Crippen molar-refractivity contribution in [3.8, 4) is 0 Å². The molecule has 0 bridgehead atoms. The molecule has 0 saturated carbocycles. The first-order chi connectivity index (χ1) is 9.01. The van der Waals surface area contributed by atoms with Gasteiger partial charge in [-0.3, -0.25) is 0 Å². The molecule has 1 heterocycles. The molecule has 0 amide bonds. The maximum Gasteiger partial charge on any atom is 0.138 e. The number of aryl methyl sites for hydroxylation is 1. The van der Waals surface area contributed by atoms with Gasteiger partial charge in [-0.25, -0.2) is 9.97 Å². The van der Waals surface area contributed by atoms with E-state index in [0.29, 0.717) is 21.8 Å². The van der Waals surface area contributed by atoms with Crippen molar-refractivity contribution < 1.29 is 0 Å². The molecule has 1 aromatic carbocycles. The van der Waals surface area contributed by atoms with Crippen LogP contribution in [0.15, 0.2) is 22.7 Å². The van der Waals surface area contributed by atoms with Crippen molar-refractivity contribution in [2.24, 2.45) is 0 Å². The largest absolute Gasteiger partial charge is 0.339 e. The lowest BCUT2D eigenvalue weighted by atomic mass is 10.3. The SMILES string of the molecule is CCc1nc(Cl)c(C)c(Nc2cc(Br)ccc2Cl)n1. The van der Waals surface area contributed by atoms with Gasteiger partial charge >= 0.3 is 0 Å². The number of rotatable bonds is 3. The summed E-state index contributed by atoms with van der Waals surface area (Å²) >= 11 is 15.7. The predicted molar refractivity (Wildman–Crippen MR) is 83.6 cm³/mol. The highest BCUT2D eigenvalue weighted by Crippen LogP contribution is 2.30. The molecular weight excluding hydrogens is 349 g/mol. The van der Waals surface area contributed by atoms with E-state index in [1.54, 1.807) is 0 Å². The van der Waals surface area contributed by atoms with Gasteiger partial charge in [-0.15, -0.1) is 0 Å². The maximum atomic E-state index is 6.15. The summed E-state index contributed by atoms with van der Waals surface area (Å²) < 4.78 is 0.938. The highest BCUT2D eigenvalue weighted by atomic mass is 79.9. The van der Waals surface area contributed by atoms with Gasteiger partial charge in [0.2, 0.25) is 0 Å². The third-order valence-electron chi connectivity index (χ3n) is 2.63. The van der Waals surface area contributed by atoms with Gasteiger partial charge in [0.15, 0.2) is 0 Å². The first kappa shape index (κ1) is 14.6. The molecule has 6 heteroatoms. The van der Waals surface area contributed by atoms with Gasteiger partial charge in [0, 0.05) is 16.5 Å². The van der Waals surface area contributed by atoms with Crippen LogP contribution in [0, 0.1) is 6.92 Å². The quantitative estimate of drug-likeness (QED) is 0.768. The Bertz CT molecular complexity index is 617. The minimum Gasteiger partial charge on any atom is -0.339 e. The van der Waals surface area contributed by atoms with E-state index in [2.05, 4.69) is 31.2 Å². The normalized spacial score (nSPS) is 10.6. The van der Waals surface area contributed by atoms with Gasteiger partial charge in [0.25, 0.3) is 0 Å². The highest BCUT2D eigenvalue weighted by molar-refractivity contribution is 9.10. The second-order valence-electron chi connectivity index (χ2n) is 4.01. The van der Waals surface area contributed by atoms with E-state index in [1.165, 1.54) is 0 Å². The van der Waals surface area contributed by atoms with E-state index >= 15 is 0 Å². The molecule has 2 aromatic rings. The summed E-state index contributed by atoms with van der Waals surface area (Å²) in [5.41, 5.74) is 1.57. The second kappa shape index (κ2) is 6.07. The second-order valence-corrected chi connectivity index (χ2v) is 5.69. The van der Waals surface area contributed by atoms with Crippen LogP contribution in [-0.4, -0.2) is 9.97 Å². The Morgan fingerprint density at radius 3 is 2.68 bits per heavy atom. The van der Waals surface area contributed by atoms with Crippen LogP contribution >= 0.6 is 39.1 Å². The van der Waals surface area contributed by atoms with E-state index in [4.69, 9.17) is 23.2 Å².